The van der Waals surface area contributed by atoms with E-state index in [1.807, 2.05) is 0 Å². The summed E-state index contributed by atoms with van der Waals surface area (Å²) in [4.78, 5) is 2.53. The van der Waals surface area contributed by atoms with Crippen molar-refractivity contribution < 1.29 is 0 Å². The fourth-order valence-electron chi connectivity index (χ4n) is 2.20. The fourth-order valence-corrected chi connectivity index (χ4v) is 3.61. The lowest BCUT2D eigenvalue weighted by molar-refractivity contribution is 0.274. The van der Waals surface area contributed by atoms with Gasteiger partial charge >= 0.3 is 0 Å². The third-order valence-electron chi connectivity index (χ3n) is 3.24. The molecular weight excluding hydrogens is 391 g/mol. The van der Waals surface area contributed by atoms with Gasteiger partial charge in [-0.2, -0.15) is 0 Å². The Labute approximate surface area is 125 Å². The van der Waals surface area contributed by atoms with Crippen molar-refractivity contribution in [3.8, 4) is 0 Å². The number of benzene rings is 1. The molecule has 1 N–H and O–H groups in total. The molecule has 4 heteroatoms. The number of rotatable bonds is 3. The molecule has 0 spiro atoms. The highest BCUT2D eigenvalue weighted by Gasteiger charge is 2.24. The average molecular weight is 409 g/mol. The van der Waals surface area contributed by atoms with Crippen LogP contribution in [0.4, 0.5) is 5.69 Å². The summed E-state index contributed by atoms with van der Waals surface area (Å²) in [5.74, 6) is 0. The van der Waals surface area contributed by atoms with Gasteiger partial charge in [-0.3, -0.25) is 4.90 Å². The molecule has 17 heavy (non-hydrogen) atoms. The summed E-state index contributed by atoms with van der Waals surface area (Å²) in [7, 11) is 0. The Bertz CT molecular complexity index is 395. The summed E-state index contributed by atoms with van der Waals surface area (Å²) in [5.41, 5.74) is 1.21. The molecule has 2 rings (SSSR count). The minimum absolute atomic E-state index is 0.578. The topological polar surface area (TPSA) is 15.3 Å². The van der Waals surface area contributed by atoms with Crippen LogP contribution in [-0.2, 0) is 0 Å². The van der Waals surface area contributed by atoms with Gasteiger partial charge in [-0.1, -0.05) is 0 Å². The Hall–Kier alpha value is 0.190. The van der Waals surface area contributed by atoms with E-state index < -0.39 is 0 Å². The number of anilines is 1. The Morgan fingerprint density at radius 2 is 2.24 bits per heavy atom. The van der Waals surface area contributed by atoms with Gasteiger partial charge in [0.05, 0.1) is 0 Å². The zero-order valence-corrected chi connectivity index (χ0v) is 14.0. The first-order chi connectivity index (χ1) is 8.06. The van der Waals surface area contributed by atoms with Crippen molar-refractivity contribution in [1.82, 2.24) is 4.90 Å². The predicted molar refractivity (Wildman–Crippen MR) is 85.6 cm³/mol. The molecule has 1 fully saturated rings. The van der Waals surface area contributed by atoms with Crippen LogP contribution in [0.1, 0.15) is 20.3 Å². The molecule has 1 aliphatic heterocycles. The molecule has 1 aromatic rings. The Morgan fingerprint density at radius 3 is 2.82 bits per heavy atom. The highest BCUT2D eigenvalue weighted by molar-refractivity contribution is 14.1. The molecule has 0 bridgehead atoms. The van der Waals surface area contributed by atoms with Crippen molar-refractivity contribution in [3.05, 3.63) is 26.2 Å². The largest absolute Gasteiger partial charge is 0.380 e. The molecule has 1 aliphatic rings. The molecule has 1 unspecified atom stereocenters. The number of hydrogen-bond acceptors (Lipinski definition) is 2. The first-order valence-corrected chi connectivity index (χ1v) is 7.89. The van der Waals surface area contributed by atoms with Crippen LogP contribution in [0.3, 0.4) is 0 Å². The molecule has 2 nitrogen and oxygen atoms in total. The standard InChI is InChI=1S/C13H18BrIN2/c1-9(2)17-6-5-11(8-17)16-13-4-3-10(15)7-12(13)14/h3-4,7,9,11,16H,5-6,8H2,1-2H3. The van der Waals surface area contributed by atoms with Gasteiger partial charge in [0.2, 0.25) is 0 Å². The quantitative estimate of drug-likeness (QED) is 0.761. The molecule has 1 saturated heterocycles. The van der Waals surface area contributed by atoms with Gasteiger partial charge in [0, 0.05) is 38.9 Å². The summed E-state index contributed by atoms with van der Waals surface area (Å²) in [5, 5.41) is 3.63. The zero-order valence-electron chi connectivity index (χ0n) is 10.2. The Morgan fingerprint density at radius 1 is 1.47 bits per heavy atom. The molecule has 1 atom stereocenters. The third-order valence-corrected chi connectivity index (χ3v) is 4.57. The lowest BCUT2D eigenvalue weighted by Crippen LogP contribution is -2.31. The molecule has 0 aliphatic carbocycles. The van der Waals surface area contributed by atoms with E-state index in [9.17, 15) is 0 Å². The maximum atomic E-state index is 3.63. The second-order valence-corrected chi connectivity index (χ2v) is 6.94. The zero-order chi connectivity index (χ0) is 12.4. The van der Waals surface area contributed by atoms with Crippen molar-refractivity contribution in [1.29, 1.82) is 0 Å². The summed E-state index contributed by atoms with van der Waals surface area (Å²) in [6.45, 7) is 6.89. The molecule has 94 valence electrons. The molecule has 1 heterocycles. The molecule has 0 aromatic heterocycles. The van der Waals surface area contributed by atoms with Crippen LogP contribution in [0.25, 0.3) is 0 Å². The van der Waals surface area contributed by atoms with Crippen molar-refractivity contribution in [2.75, 3.05) is 18.4 Å². The van der Waals surface area contributed by atoms with Gasteiger partial charge in [-0.25, -0.2) is 0 Å². The van der Waals surface area contributed by atoms with Crippen LogP contribution in [-0.4, -0.2) is 30.1 Å². The minimum atomic E-state index is 0.578. The smallest absolute Gasteiger partial charge is 0.0487 e. The van der Waals surface area contributed by atoms with Crippen molar-refractivity contribution >= 4 is 44.2 Å². The van der Waals surface area contributed by atoms with Gasteiger partial charge in [0.15, 0.2) is 0 Å². The van der Waals surface area contributed by atoms with Gasteiger partial charge in [0.25, 0.3) is 0 Å². The third kappa shape index (κ3) is 3.58. The van der Waals surface area contributed by atoms with Gasteiger partial charge < -0.3 is 5.32 Å². The van der Waals surface area contributed by atoms with Crippen molar-refractivity contribution in [3.63, 3.8) is 0 Å². The van der Waals surface area contributed by atoms with E-state index >= 15 is 0 Å². The number of nitrogens with zero attached hydrogens (tertiary/aromatic N) is 1. The lowest BCUT2D eigenvalue weighted by atomic mass is 10.2. The molecule has 1 aromatic carbocycles. The summed E-state index contributed by atoms with van der Waals surface area (Å²) < 4.78 is 2.42. The SMILES string of the molecule is CC(C)N1CCC(Nc2ccc(I)cc2Br)C1. The average Bonchev–Trinajstić information content (AvgIpc) is 2.71. The molecule has 0 radical (unpaired) electrons. The van der Waals surface area contributed by atoms with E-state index in [1.54, 1.807) is 0 Å². The van der Waals surface area contributed by atoms with Crippen LogP contribution in [0.2, 0.25) is 0 Å². The van der Waals surface area contributed by atoms with Crippen LogP contribution in [0.15, 0.2) is 22.7 Å². The minimum Gasteiger partial charge on any atom is -0.380 e. The molecule has 0 saturated carbocycles. The highest BCUT2D eigenvalue weighted by Crippen LogP contribution is 2.26. The Balaban J connectivity index is 1.98. The van der Waals surface area contributed by atoms with Crippen LogP contribution >= 0.6 is 38.5 Å². The van der Waals surface area contributed by atoms with E-state index in [0.29, 0.717) is 12.1 Å². The highest BCUT2D eigenvalue weighted by atomic mass is 127. The number of likely N-dealkylation sites (tertiary alicyclic amines) is 1. The van der Waals surface area contributed by atoms with Crippen LogP contribution < -0.4 is 5.32 Å². The number of nitrogens with one attached hydrogen (secondary N) is 1. The summed E-state index contributed by atoms with van der Waals surface area (Å²) >= 11 is 5.95. The van der Waals surface area contributed by atoms with Gasteiger partial charge in [0.1, 0.15) is 0 Å². The van der Waals surface area contributed by atoms with E-state index in [1.165, 1.54) is 22.2 Å². The Kier molecular flexibility index (Phi) is 4.72. The second-order valence-electron chi connectivity index (χ2n) is 4.84. The molecular formula is C13H18BrIN2. The second kappa shape index (κ2) is 5.89. The summed E-state index contributed by atoms with van der Waals surface area (Å²) in [6.07, 6.45) is 1.23. The number of hydrogen-bond donors (Lipinski definition) is 1. The van der Waals surface area contributed by atoms with E-state index in [2.05, 4.69) is 80.8 Å². The van der Waals surface area contributed by atoms with Gasteiger partial charge in [-0.15, -0.1) is 0 Å². The van der Waals surface area contributed by atoms with Crippen molar-refractivity contribution in [2.24, 2.45) is 0 Å². The molecule has 0 amide bonds. The van der Waals surface area contributed by atoms with Gasteiger partial charge in [-0.05, 0) is 77.0 Å². The number of halogens is 2. The maximum absolute atomic E-state index is 3.63. The van der Waals surface area contributed by atoms with E-state index in [0.717, 1.165) is 11.0 Å². The fraction of sp³-hybridized carbons (Fsp3) is 0.538. The first-order valence-electron chi connectivity index (χ1n) is 6.02. The normalized spacial score (nSPS) is 21.1. The van der Waals surface area contributed by atoms with E-state index in [4.69, 9.17) is 0 Å². The maximum Gasteiger partial charge on any atom is 0.0487 e. The lowest BCUT2D eigenvalue weighted by Gasteiger charge is -2.21. The van der Waals surface area contributed by atoms with Crippen LogP contribution in [0.5, 0.6) is 0 Å². The van der Waals surface area contributed by atoms with E-state index in [-0.39, 0.29) is 0 Å². The van der Waals surface area contributed by atoms with Crippen LogP contribution in [0, 0.1) is 3.57 Å². The van der Waals surface area contributed by atoms with Crippen molar-refractivity contribution in [2.45, 2.75) is 32.4 Å². The monoisotopic (exact) mass is 408 g/mol. The first kappa shape index (κ1) is 13.6. The summed E-state index contributed by atoms with van der Waals surface area (Å²) in [6, 6.07) is 7.68. The predicted octanol–water partition coefficient (Wildman–Crippen LogP) is 3.95.